The Kier molecular flexibility index (Phi) is 4.60. The molecule has 0 aliphatic heterocycles. The number of aromatic nitrogens is 1. The summed E-state index contributed by atoms with van der Waals surface area (Å²) in [7, 11) is 0. The van der Waals surface area contributed by atoms with Gasteiger partial charge in [0.2, 0.25) is 0 Å². The van der Waals surface area contributed by atoms with Crippen molar-refractivity contribution in [2.75, 3.05) is 18.5 Å². The normalized spacial score (nSPS) is 10.1. The molecule has 0 radical (unpaired) electrons. The predicted octanol–water partition coefficient (Wildman–Crippen LogP) is 2.99. The van der Waals surface area contributed by atoms with Gasteiger partial charge in [0.1, 0.15) is 12.0 Å². The van der Waals surface area contributed by atoms with Gasteiger partial charge in [0, 0.05) is 5.69 Å². The van der Waals surface area contributed by atoms with Crippen molar-refractivity contribution in [3.8, 4) is 5.75 Å². The van der Waals surface area contributed by atoms with Crippen molar-refractivity contribution in [3.63, 3.8) is 0 Å². The van der Waals surface area contributed by atoms with Gasteiger partial charge < -0.3 is 19.2 Å². The molecular formula is C14H16N2O4. The van der Waals surface area contributed by atoms with Gasteiger partial charge in [-0.3, -0.25) is 0 Å². The lowest BCUT2D eigenvalue weighted by atomic mass is 10.3. The molecule has 1 aromatic carbocycles. The molecule has 0 saturated heterocycles. The first-order valence-corrected chi connectivity index (χ1v) is 6.35. The van der Waals surface area contributed by atoms with Crippen LogP contribution in [-0.4, -0.2) is 24.2 Å². The smallest absolute Gasteiger partial charge is 0.360 e. The van der Waals surface area contributed by atoms with Crippen molar-refractivity contribution in [2.24, 2.45) is 0 Å². The van der Waals surface area contributed by atoms with Crippen molar-refractivity contribution in [2.45, 2.75) is 13.8 Å². The standard InChI is InChI=1S/C14H16N2O4/c1-3-18-11-7-5-10(6-8-11)15-14-16-12(9-20-14)13(17)19-4-2/h5-9H,3-4H2,1-2H3,(H,15,16). The lowest BCUT2D eigenvalue weighted by molar-refractivity contribution is 0.0519. The molecule has 0 aliphatic carbocycles. The Morgan fingerprint density at radius 3 is 2.65 bits per heavy atom. The third-order valence-corrected chi connectivity index (χ3v) is 2.41. The van der Waals surface area contributed by atoms with E-state index in [1.807, 2.05) is 31.2 Å². The van der Waals surface area contributed by atoms with Crippen LogP contribution in [0.1, 0.15) is 24.3 Å². The molecule has 2 aromatic rings. The van der Waals surface area contributed by atoms with Gasteiger partial charge in [-0.1, -0.05) is 0 Å². The van der Waals surface area contributed by atoms with Crippen LogP contribution in [0.25, 0.3) is 0 Å². The van der Waals surface area contributed by atoms with Crippen molar-refractivity contribution in [1.82, 2.24) is 4.98 Å². The van der Waals surface area contributed by atoms with Crippen LogP contribution < -0.4 is 10.1 Å². The minimum atomic E-state index is -0.504. The number of carbonyl (C=O) groups excluding carboxylic acids is 1. The number of oxazole rings is 1. The molecule has 1 aromatic heterocycles. The van der Waals surface area contributed by atoms with E-state index in [2.05, 4.69) is 10.3 Å². The summed E-state index contributed by atoms with van der Waals surface area (Å²) in [5.74, 6) is 0.286. The summed E-state index contributed by atoms with van der Waals surface area (Å²) >= 11 is 0. The molecule has 6 heteroatoms. The zero-order valence-electron chi connectivity index (χ0n) is 11.4. The first kappa shape index (κ1) is 13.9. The van der Waals surface area contributed by atoms with Gasteiger partial charge in [-0.15, -0.1) is 0 Å². The van der Waals surface area contributed by atoms with E-state index in [9.17, 15) is 4.79 Å². The molecule has 2 rings (SSSR count). The van der Waals surface area contributed by atoms with E-state index in [0.29, 0.717) is 13.2 Å². The summed E-state index contributed by atoms with van der Waals surface area (Å²) in [5.41, 5.74) is 0.922. The Labute approximate surface area is 116 Å². The Morgan fingerprint density at radius 1 is 1.25 bits per heavy atom. The summed E-state index contributed by atoms with van der Waals surface area (Å²) in [6.45, 7) is 4.58. The van der Waals surface area contributed by atoms with E-state index in [1.165, 1.54) is 6.26 Å². The molecule has 1 heterocycles. The van der Waals surface area contributed by atoms with Crippen LogP contribution in [0, 0.1) is 0 Å². The second kappa shape index (κ2) is 6.60. The average molecular weight is 276 g/mol. The van der Waals surface area contributed by atoms with E-state index in [0.717, 1.165) is 11.4 Å². The first-order valence-electron chi connectivity index (χ1n) is 6.35. The largest absolute Gasteiger partial charge is 0.494 e. The number of esters is 1. The number of hydrogen-bond donors (Lipinski definition) is 1. The second-order valence-corrected chi connectivity index (χ2v) is 3.84. The number of nitrogens with one attached hydrogen (secondary N) is 1. The van der Waals surface area contributed by atoms with Crippen LogP contribution in [0.5, 0.6) is 5.75 Å². The number of carbonyl (C=O) groups is 1. The number of rotatable bonds is 6. The molecule has 6 nitrogen and oxygen atoms in total. The zero-order valence-corrected chi connectivity index (χ0v) is 11.4. The third-order valence-electron chi connectivity index (χ3n) is 2.41. The van der Waals surface area contributed by atoms with Crippen molar-refractivity contribution in [1.29, 1.82) is 0 Å². The van der Waals surface area contributed by atoms with Crippen LogP contribution in [0.2, 0.25) is 0 Å². The highest BCUT2D eigenvalue weighted by Gasteiger charge is 2.13. The topological polar surface area (TPSA) is 73.6 Å². The maximum absolute atomic E-state index is 11.4. The lowest BCUT2D eigenvalue weighted by Gasteiger charge is -2.04. The van der Waals surface area contributed by atoms with Crippen LogP contribution in [0.15, 0.2) is 34.9 Å². The number of anilines is 2. The SMILES string of the molecule is CCOC(=O)c1coc(Nc2ccc(OCC)cc2)n1. The van der Waals surface area contributed by atoms with E-state index in [-0.39, 0.29) is 11.7 Å². The van der Waals surface area contributed by atoms with Crippen LogP contribution in [0.3, 0.4) is 0 Å². The average Bonchev–Trinajstić information content (AvgIpc) is 2.90. The summed E-state index contributed by atoms with van der Waals surface area (Å²) in [4.78, 5) is 15.4. The third kappa shape index (κ3) is 3.50. The molecule has 0 spiro atoms. The minimum Gasteiger partial charge on any atom is -0.494 e. The molecule has 0 aliphatic rings. The van der Waals surface area contributed by atoms with Gasteiger partial charge in [0.05, 0.1) is 13.2 Å². The van der Waals surface area contributed by atoms with Crippen molar-refractivity contribution in [3.05, 3.63) is 36.2 Å². The highest BCUT2D eigenvalue weighted by Crippen LogP contribution is 2.19. The van der Waals surface area contributed by atoms with Gasteiger partial charge in [-0.2, -0.15) is 4.98 Å². The molecule has 0 amide bonds. The molecule has 20 heavy (non-hydrogen) atoms. The Morgan fingerprint density at radius 2 is 2.00 bits per heavy atom. The second-order valence-electron chi connectivity index (χ2n) is 3.84. The number of nitrogens with zero attached hydrogens (tertiary/aromatic N) is 1. The monoisotopic (exact) mass is 276 g/mol. The summed E-state index contributed by atoms with van der Waals surface area (Å²) in [6, 6.07) is 7.57. The molecule has 0 unspecified atom stereocenters. The number of hydrogen-bond acceptors (Lipinski definition) is 6. The summed E-state index contributed by atoms with van der Waals surface area (Å²) < 4.78 is 15.3. The van der Waals surface area contributed by atoms with Crippen LogP contribution >= 0.6 is 0 Å². The predicted molar refractivity (Wildman–Crippen MR) is 73.4 cm³/mol. The van der Waals surface area contributed by atoms with Gasteiger partial charge in [-0.05, 0) is 38.1 Å². The Balaban J connectivity index is 2.01. The number of benzene rings is 1. The van der Waals surface area contributed by atoms with Gasteiger partial charge in [-0.25, -0.2) is 4.79 Å². The van der Waals surface area contributed by atoms with Gasteiger partial charge in [0.25, 0.3) is 6.01 Å². The molecule has 1 N–H and O–H groups in total. The van der Waals surface area contributed by atoms with Crippen molar-refractivity contribution < 1.29 is 18.7 Å². The molecule has 0 atom stereocenters. The lowest BCUT2D eigenvalue weighted by Crippen LogP contribution is -2.04. The Bertz CT molecular complexity index is 563. The molecule has 0 bridgehead atoms. The fourth-order valence-corrected chi connectivity index (χ4v) is 1.55. The number of ether oxygens (including phenoxy) is 2. The molecule has 0 fully saturated rings. The van der Waals surface area contributed by atoms with Crippen molar-refractivity contribution >= 4 is 17.7 Å². The fourth-order valence-electron chi connectivity index (χ4n) is 1.55. The summed E-state index contributed by atoms with van der Waals surface area (Å²) in [6.07, 6.45) is 1.26. The first-order chi connectivity index (χ1) is 9.72. The molecular weight excluding hydrogens is 260 g/mol. The highest BCUT2D eigenvalue weighted by atomic mass is 16.5. The quantitative estimate of drug-likeness (QED) is 0.817. The molecule has 106 valence electrons. The zero-order chi connectivity index (χ0) is 14.4. The van der Waals surface area contributed by atoms with E-state index in [1.54, 1.807) is 6.92 Å². The Hall–Kier alpha value is -2.50. The minimum absolute atomic E-state index is 0.139. The maximum atomic E-state index is 11.4. The van der Waals surface area contributed by atoms with Gasteiger partial charge in [0.15, 0.2) is 5.69 Å². The van der Waals surface area contributed by atoms with E-state index < -0.39 is 5.97 Å². The van der Waals surface area contributed by atoms with Crippen LogP contribution in [0.4, 0.5) is 11.7 Å². The van der Waals surface area contributed by atoms with E-state index in [4.69, 9.17) is 13.9 Å². The highest BCUT2D eigenvalue weighted by molar-refractivity contribution is 5.87. The fraction of sp³-hybridized carbons (Fsp3) is 0.286. The summed E-state index contributed by atoms with van der Waals surface area (Å²) in [5, 5.41) is 2.95. The van der Waals surface area contributed by atoms with Crippen LogP contribution in [-0.2, 0) is 4.74 Å². The van der Waals surface area contributed by atoms with Gasteiger partial charge >= 0.3 is 5.97 Å². The molecule has 0 saturated carbocycles. The van der Waals surface area contributed by atoms with E-state index >= 15 is 0 Å². The maximum Gasteiger partial charge on any atom is 0.360 e.